The van der Waals surface area contributed by atoms with Crippen LogP contribution in [0.25, 0.3) is 0 Å². The van der Waals surface area contributed by atoms with Gasteiger partial charge in [0.05, 0.1) is 0 Å². The maximum absolute atomic E-state index is 12.7. The summed E-state index contributed by atoms with van der Waals surface area (Å²) < 4.78 is 5.58. The van der Waals surface area contributed by atoms with Gasteiger partial charge in [-0.1, -0.05) is 71.8 Å². The summed E-state index contributed by atoms with van der Waals surface area (Å²) in [7, 11) is -0.364. The van der Waals surface area contributed by atoms with Crippen molar-refractivity contribution in [1.82, 2.24) is 0 Å². The summed E-state index contributed by atoms with van der Waals surface area (Å²) in [6, 6.07) is 27.5. The third-order valence-electron chi connectivity index (χ3n) is 5.76. The van der Waals surface area contributed by atoms with E-state index in [2.05, 4.69) is 0 Å². The van der Waals surface area contributed by atoms with Gasteiger partial charge in [0, 0.05) is 19.7 Å². The summed E-state index contributed by atoms with van der Waals surface area (Å²) >= 11 is 0. The van der Waals surface area contributed by atoms with E-state index in [1.54, 1.807) is 0 Å². The summed E-state index contributed by atoms with van der Waals surface area (Å²) in [6.07, 6.45) is 0. The van der Waals surface area contributed by atoms with Crippen molar-refractivity contribution >= 4 is 19.6 Å². The molecule has 0 spiro atoms. The minimum Gasteiger partial charge on any atom is -0.457 e. The fourth-order valence-electron chi connectivity index (χ4n) is 4.42. The van der Waals surface area contributed by atoms with Crippen molar-refractivity contribution in [3.05, 3.63) is 129 Å². The first-order chi connectivity index (χ1) is 17.2. The molecule has 4 aromatic carbocycles. The van der Waals surface area contributed by atoms with Gasteiger partial charge in [-0.2, -0.15) is 0 Å². The summed E-state index contributed by atoms with van der Waals surface area (Å²) in [5.74, 6) is 1.74. The number of carbonyl (C=O) groups is 2. The van der Waals surface area contributed by atoms with Crippen LogP contribution in [0.4, 0.5) is 0 Å². The number of carbonyl (C=O) groups excluding carboxylic acids is 2. The van der Waals surface area contributed by atoms with E-state index in [1.165, 1.54) is 0 Å². The summed E-state index contributed by atoms with van der Waals surface area (Å²) in [5, 5.41) is 0. The Morgan fingerprint density at radius 3 is 1.14 bits per heavy atom. The first kappa shape index (κ1) is 27.0. The number of aryl methyl sites for hydroxylation is 6. The Morgan fingerprint density at radius 2 is 0.833 bits per heavy atom. The molecule has 0 N–H and O–H groups in total. The minimum absolute atomic E-state index is 0.0654. The van der Waals surface area contributed by atoms with Crippen molar-refractivity contribution in [3.8, 4) is 11.5 Å². The largest absolute Gasteiger partial charge is 0.457 e. The van der Waals surface area contributed by atoms with E-state index in [0.29, 0.717) is 11.1 Å². The second kappa shape index (κ2) is 12.4. The molecule has 0 aliphatic carbocycles. The maximum Gasteiger partial charge on any atom is 0.189 e. The van der Waals surface area contributed by atoms with E-state index in [1.807, 2.05) is 126 Å². The molecule has 0 bridgehead atoms. The van der Waals surface area contributed by atoms with Gasteiger partial charge in [0.2, 0.25) is 0 Å². The lowest BCUT2D eigenvalue weighted by Crippen LogP contribution is -2.06. The Bertz CT molecular complexity index is 1210. The number of hydrogen-bond acceptors (Lipinski definition) is 3. The van der Waals surface area contributed by atoms with Gasteiger partial charge in [-0.15, -0.1) is 0 Å². The molecule has 4 aromatic rings. The number of ether oxygens (including phenoxy) is 1. The lowest BCUT2D eigenvalue weighted by Gasteiger charge is -2.12. The topological polar surface area (TPSA) is 43.4 Å². The molecule has 0 aromatic heterocycles. The Kier molecular flexibility index (Phi) is 9.33. The number of para-hydroxylation sites is 2. The third kappa shape index (κ3) is 7.23. The van der Waals surface area contributed by atoms with Crippen LogP contribution >= 0.6 is 8.58 Å². The van der Waals surface area contributed by atoms with Crippen LogP contribution in [0.2, 0.25) is 0 Å². The van der Waals surface area contributed by atoms with Gasteiger partial charge >= 0.3 is 0 Å². The van der Waals surface area contributed by atoms with E-state index in [4.69, 9.17) is 4.74 Å². The van der Waals surface area contributed by atoms with Gasteiger partial charge in [-0.3, -0.25) is 9.59 Å². The Labute approximate surface area is 216 Å². The van der Waals surface area contributed by atoms with Gasteiger partial charge in [-0.25, -0.2) is 0 Å². The molecule has 3 nitrogen and oxygen atoms in total. The van der Waals surface area contributed by atoms with Crippen LogP contribution in [-0.2, 0) is 0 Å². The maximum atomic E-state index is 12.7. The highest BCUT2D eigenvalue weighted by molar-refractivity contribution is 7.75. The molecule has 0 fully saturated rings. The summed E-state index contributed by atoms with van der Waals surface area (Å²) in [5.41, 5.74) is 7.33. The Hall–Kier alpha value is -3.55. The highest BCUT2D eigenvalue weighted by Crippen LogP contribution is 2.31. The molecule has 0 unspecified atom stereocenters. The highest BCUT2D eigenvalue weighted by Gasteiger charge is 2.20. The van der Waals surface area contributed by atoms with Crippen LogP contribution in [0.1, 0.15) is 54.1 Å². The van der Waals surface area contributed by atoms with Crippen LogP contribution in [-0.4, -0.2) is 11.0 Å². The number of benzene rings is 4. The first-order valence-corrected chi connectivity index (χ1v) is 12.9. The van der Waals surface area contributed by atoms with Gasteiger partial charge in [0.1, 0.15) is 11.5 Å². The number of rotatable bonds is 6. The van der Waals surface area contributed by atoms with Crippen molar-refractivity contribution in [2.24, 2.45) is 0 Å². The van der Waals surface area contributed by atoms with Crippen LogP contribution < -0.4 is 4.74 Å². The third-order valence-corrected chi connectivity index (χ3v) is 6.71. The van der Waals surface area contributed by atoms with Crippen LogP contribution in [0.3, 0.4) is 0 Å². The predicted octanol–water partition coefficient (Wildman–Crippen LogP) is 8.68. The average molecular weight is 497 g/mol. The molecule has 0 amide bonds. The normalized spacial score (nSPS) is 10.3. The molecule has 0 radical (unpaired) electrons. The fraction of sp³-hybridized carbons (Fsp3) is 0.188. The smallest absolute Gasteiger partial charge is 0.189 e. The molecular formula is C32H33O3P. The van der Waals surface area contributed by atoms with Gasteiger partial charge in [-0.05, 0) is 88.1 Å². The van der Waals surface area contributed by atoms with E-state index >= 15 is 0 Å². The van der Waals surface area contributed by atoms with Crippen LogP contribution in [0.15, 0.2) is 84.9 Å². The van der Waals surface area contributed by atoms with Crippen molar-refractivity contribution in [3.63, 3.8) is 0 Å². The van der Waals surface area contributed by atoms with Gasteiger partial charge in [0.15, 0.2) is 11.0 Å². The lowest BCUT2D eigenvalue weighted by molar-refractivity contribution is 0.105. The lowest BCUT2D eigenvalue weighted by atomic mass is 10.0. The van der Waals surface area contributed by atoms with Gasteiger partial charge < -0.3 is 4.74 Å². The summed E-state index contributed by atoms with van der Waals surface area (Å²) in [6.45, 7) is 11.8. The zero-order chi connectivity index (χ0) is 26.2. The zero-order valence-corrected chi connectivity index (χ0v) is 22.8. The number of hydrogen-bond donors (Lipinski definition) is 0. The monoisotopic (exact) mass is 496 g/mol. The molecule has 184 valence electrons. The van der Waals surface area contributed by atoms with Crippen molar-refractivity contribution < 1.29 is 14.3 Å². The molecule has 0 aliphatic rings. The Balaban J connectivity index is 0.000000233. The molecule has 4 heteroatoms. The van der Waals surface area contributed by atoms with Crippen LogP contribution in [0, 0.1) is 41.5 Å². The van der Waals surface area contributed by atoms with Crippen LogP contribution in [0.5, 0.6) is 11.5 Å². The molecule has 0 saturated heterocycles. The van der Waals surface area contributed by atoms with Crippen molar-refractivity contribution in [1.29, 1.82) is 0 Å². The molecule has 0 aliphatic heterocycles. The second-order valence-electron chi connectivity index (χ2n) is 9.06. The minimum atomic E-state index is -0.364. The second-order valence-corrected chi connectivity index (χ2v) is 10.2. The van der Waals surface area contributed by atoms with E-state index in [9.17, 15) is 9.59 Å². The van der Waals surface area contributed by atoms with E-state index < -0.39 is 0 Å². The van der Waals surface area contributed by atoms with Crippen molar-refractivity contribution in [2.75, 3.05) is 0 Å². The van der Waals surface area contributed by atoms with E-state index in [-0.39, 0.29) is 19.6 Å². The molecule has 0 heterocycles. The standard InChI is InChI=1S/C20H23O2P.C12H10O/c1-11-7-13(3)17(14(4)8-11)19(21)23-20(22)18-15(5)9-12(2)10-16(18)6;1-3-7-11(8-4-1)13-12-9-5-2-6-10-12/h7-10,23H,1-6H3;1-10H. The van der Waals surface area contributed by atoms with E-state index in [0.717, 1.165) is 44.9 Å². The molecule has 36 heavy (non-hydrogen) atoms. The zero-order valence-electron chi connectivity index (χ0n) is 21.8. The first-order valence-electron chi connectivity index (χ1n) is 11.9. The summed E-state index contributed by atoms with van der Waals surface area (Å²) in [4.78, 5) is 25.3. The predicted molar refractivity (Wildman–Crippen MR) is 151 cm³/mol. The highest BCUT2D eigenvalue weighted by atomic mass is 31.1. The van der Waals surface area contributed by atoms with Gasteiger partial charge in [0.25, 0.3) is 0 Å². The van der Waals surface area contributed by atoms with Crippen molar-refractivity contribution in [2.45, 2.75) is 41.5 Å². The SMILES string of the molecule is Cc1cc(C)c(C(=O)PC(=O)c2c(C)cc(C)cc2C)c(C)c1.c1ccc(Oc2ccccc2)cc1. The average Bonchev–Trinajstić information content (AvgIpc) is 2.79. The molecule has 0 saturated carbocycles. The Morgan fingerprint density at radius 1 is 0.528 bits per heavy atom. The quantitative estimate of drug-likeness (QED) is 0.251. The fourth-order valence-corrected chi connectivity index (χ4v) is 5.66. The molecule has 0 atom stereocenters. The molecular weight excluding hydrogens is 463 g/mol. The molecule has 4 rings (SSSR count).